The number of carboxylic acids is 1. The highest BCUT2D eigenvalue weighted by Gasteiger charge is 2.76. The molecule has 3 saturated carbocycles. The van der Waals surface area contributed by atoms with Gasteiger partial charge in [0.15, 0.2) is 5.96 Å². The van der Waals surface area contributed by atoms with Crippen molar-refractivity contribution in [1.29, 1.82) is 0 Å². The summed E-state index contributed by atoms with van der Waals surface area (Å²) in [6, 6.07) is 0. The van der Waals surface area contributed by atoms with E-state index in [-0.39, 0.29) is 52.8 Å². The summed E-state index contributed by atoms with van der Waals surface area (Å²) in [6.07, 6.45) is 24.2. The molecule has 7 aliphatic rings. The van der Waals surface area contributed by atoms with E-state index in [9.17, 15) is 20.1 Å². The molecule has 0 aromatic rings. The number of fused-ring (bicyclic) bond motifs is 3. The average Bonchev–Trinajstić information content (AvgIpc) is 3.46. The quantitative estimate of drug-likeness (QED) is 0.121. The molecule has 9 nitrogen and oxygen atoms in total. The number of guanidine groups is 1. The zero-order valence-corrected chi connectivity index (χ0v) is 29.9. The van der Waals surface area contributed by atoms with E-state index < -0.39 is 23.1 Å². The number of hydrogen-bond donors (Lipinski definition) is 5. The van der Waals surface area contributed by atoms with Gasteiger partial charge in [0.05, 0.1) is 24.4 Å². The zero-order chi connectivity index (χ0) is 34.6. The highest BCUT2D eigenvalue weighted by atomic mass is 16.5. The van der Waals surface area contributed by atoms with Gasteiger partial charge in [0.2, 0.25) is 0 Å². The van der Waals surface area contributed by atoms with E-state index in [0.717, 1.165) is 44.1 Å². The van der Waals surface area contributed by atoms with Crippen LogP contribution < -0.4 is 11.1 Å². The molecular weight excluding hydrogens is 616 g/mol. The van der Waals surface area contributed by atoms with E-state index in [4.69, 9.17) is 10.5 Å². The number of aliphatic carboxylic acids is 1. The van der Waals surface area contributed by atoms with Crippen LogP contribution in [0.5, 0.6) is 0 Å². The fourth-order valence-electron chi connectivity index (χ4n) is 12.7. The Morgan fingerprint density at radius 1 is 1.14 bits per heavy atom. The van der Waals surface area contributed by atoms with Crippen LogP contribution in [-0.2, 0) is 9.53 Å². The molecule has 6 N–H and O–H groups in total. The Balaban J connectivity index is 1.31. The Kier molecular flexibility index (Phi) is 9.46. The summed E-state index contributed by atoms with van der Waals surface area (Å²) in [5.74, 6) is 0.586. The molecule has 2 spiro atoms. The van der Waals surface area contributed by atoms with Gasteiger partial charge in [-0.25, -0.2) is 4.79 Å². The minimum atomic E-state index is -1.60. The van der Waals surface area contributed by atoms with Crippen molar-refractivity contribution in [2.45, 2.75) is 109 Å². The van der Waals surface area contributed by atoms with Gasteiger partial charge in [-0.3, -0.25) is 4.99 Å². The second-order valence-electron chi connectivity index (χ2n) is 16.7. The highest BCUT2D eigenvalue weighted by molar-refractivity contribution is 5.92. The molecule has 5 aliphatic carbocycles. The molecule has 11 atom stereocenters. The van der Waals surface area contributed by atoms with Gasteiger partial charge in [-0.15, -0.1) is 0 Å². The van der Waals surface area contributed by atoms with Crippen LogP contribution in [0.2, 0.25) is 0 Å². The minimum Gasteiger partial charge on any atom is -0.478 e. The lowest BCUT2D eigenvalue weighted by Crippen LogP contribution is -2.64. The van der Waals surface area contributed by atoms with Gasteiger partial charge in [-0.2, -0.15) is 0 Å². The van der Waals surface area contributed by atoms with Crippen LogP contribution >= 0.6 is 0 Å². The van der Waals surface area contributed by atoms with Crippen LogP contribution in [0.3, 0.4) is 0 Å². The molecule has 9 heteroatoms. The Hall–Kier alpha value is -2.46. The number of ether oxygens (including phenoxy) is 1. The SMILES string of the molecule is CCCCCC12CCC3C=CC=CC3C1OC(C1(O)CC34C(=C1C(=O)O)CC(CCC3C)C41CN(C(N)=NC)C=CC1CNCCO)CC2. The van der Waals surface area contributed by atoms with Gasteiger partial charge < -0.3 is 36.0 Å². The number of aliphatic imine (C=N–C) groups is 1. The van der Waals surface area contributed by atoms with Crippen molar-refractivity contribution >= 4 is 11.9 Å². The number of aliphatic hydroxyl groups excluding tert-OH is 1. The first-order valence-electron chi connectivity index (χ1n) is 19.3. The van der Waals surface area contributed by atoms with E-state index in [1.165, 1.54) is 19.3 Å². The van der Waals surface area contributed by atoms with Crippen LogP contribution in [0.4, 0.5) is 0 Å². The summed E-state index contributed by atoms with van der Waals surface area (Å²) in [5.41, 5.74) is 5.22. The number of hydrogen-bond acceptors (Lipinski definition) is 6. The molecule has 1 saturated heterocycles. The van der Waals surface area contributed by atoms with E-state index in [1.807, 2.05) is 11.1 Å². The predicted molar refractivity (Wildman–Crippen MR) is 191 cm³/mol. The summed E-state index contributed by atoms with van der Waals surface area (Å²) in [5, 5.41) is 37.5. The minimum absolute atomic E-state index is 0.0420. The second kappa shape index (κ2) is 13.3. The molecule has 0 radical (unpaired) electrons. The third kappa shape index (κ3) is 5.14. The van der Waals surface area contributed by atoms with E-state index in [2.05, 4.69) is 54.5 Å². The lowest BCUT2D eigenvalue weighted by molar-refractivity contribution is -0.226. The Morgan fingerprint density at radius 2 is 1.94 bits per heavy atom. The maximum Gasteiger partial charge on any atom is 0.334 e. The van der Waals surface area contributed by atoms with E-state index >= 15 is 0 Å². The number of allylic oxidation sites excluding steroid dienone is 4. The molecule has 2 aliphatic heterocycles. The van der Waals surface area contributed by atoms with E-state index in [1.54, 1.807) is 7.05 Å². The lowest BCUT2D eigenvalue weighted by atomic mass is 9.45. The lowest BCUT2D eigenvalue weighted by Gasteiger charge is -2.61. The first kappa shape index (κ1) is 35.0. The first-order valence-corrected chi connectivity index (χ1v) is 19.3. The molecule has 7 rings (SSSR count). The fraction of sp³-hybridized carbons (Fsp3) is 0.750. The molecule has 4 fully saturated rings. The Bertz CT molecular complexity index is 1440. The van der Waals surface area contributed by atoms with Crippen LogP contribution in [0, 0.1) is 45.8 Å². The van der Waals surface area contributed by atoms with Crippen molar-refractivity contribution in [2.24, 2.45) is 56.6 Å². The predicted octanol–water partition coefficient (Wildman–Crippen LogP) is 5.16. The standard InChI is InChI=1S/C40H60N4O5/c1-4-5-8-16-37-17-13-27-9-6-7-10-30(27)34(37)49-32(14-18-37)40(48)24-38-26(2)11-12-28(22-31(38)33(40)35(46)47)39(38)25-44(36(41)42-3)20-15-29(39)23-43-19-21-45/h6-7,9-10,15,20,26-30,32,34,43,45,48H,4-5,8,11-14,16-19,21-25H2,1-3H3,(H2,41,42)(H,46,47). The van der Waals surface area contributed by atoms with Crippen molar-refractivity contribution in [2.75, 3.05) is 33.3 Å². The van der Waals surface area contributed by atoms with Crippen molar-refractivity contribution in [3.8, 4) is 0 Å². The molecule has 0 aromatic heterocycles. The number of unbranched alkanes of at least 4 members (excludes halogenated alkanes) is 2. The first-order chi connectivity index (χ1) is 23.6. The third-order valence-corrected chi connectivity index (χ3v) is 14.9. The van der Waals surface area contributed by atoms with Crippen molar-refractivity contribution < 1.29 is 24.9 Å². The van der Waals surface area contributed by atoms with Crippen molar-refractivity contribution in [1.82, 2.24) is 10.2 Å². The van der Waals surface area contributed by atoms with Gasteiger partial charge in [0.1, 0.15) is 5.60 Å². The Labute approximate surface area is 292 Å². The van der Waals surface area contributed by atoms with Crippen LogP contribution in [-0.4, -0.2) is 83.2 Å². The molecule has 270 valence electrons. The second-order valence-corrected chi connectivity index (χ2v) is 16.7. The zero-order valence-electron chi connectivity index (χ0n) is 29.9. The molecule has 0 amide bonds. The van der Waals surface area contributed by atoms with Gasteiger partial charge in [-0.05, 0) is 92.4 Å². The van der Waals surface area contributed by atoms with Gasteiger partial charge >= 0.3 is 5.97 Å². The fourth-order valence-corrected chi connectivity index (χ4v) is 12.7. The maximum atomic E-state index is 13.6. The number of nitrogens with zero attached hydrogens (tertiary/aromatic N) is 2. The summed E-state index contributed by atoms with van der Waals surface area (Å²) in [6.45, 7) is 6.37. The maximum absolute atomic E-state index is 13.6. The highest BCUT2D eigenvalue weighted by Crippen LogP contribution is 2.77. The smallest absolute Gasteiger partial charge is 0.334 e. The Morgan fingerprint density at radius 3 is 2.69 bits per heavy atom. The van der Waals surface area contributed by atoms with Gasteiger partial charge in [-0.1, -0.05) is 63.5 Å². The van der Waals surface area contributed by atoms with Crippen molar-refractivity contribution in [3.63, 3.8) is 0 Å². The topological polar surface area (TPSA) is 141 Å². The largest absolute Gasteiger partial charge is 0.478 e. The summed E-state index contributed by atoms with van der Waals surface area (Å²) >= 11 is 0. The molecule has 11 unspecified atom stereocenters. The summed E-state index contributed by atoms with van der Waals surface area (Å²) < 4.78 is 7.32. The number of nitrogens with one attached hydrogen (secondary N) is 1. The number of rotatable bonds is 10. The molecule has 2 heterocycles. The molecular formula is C40H60N4O5. The van der Waals surface area contributed by atoms with Crippen LogP contribution in [0.15, 0.2) is 52.7 Å². The number of carbonyl (C=O) groups is 1. The van der Waals surface area contributed by atoms with Gasteiger partial charge in [0.25, 0.3) is 0 Å². The number of aliphatic hydroxyl groups is 2. The average molecular weight is 677 g/mol. The molecule has 49 heavy (non-hydrogen) atoms. The van der Waals surface area contributed by atoms with Crippen LogP contribution in [0.1, 0.15) is 90.9 Å². The third-order valence-electron chi connectivity index (χ3n) is 14.9. The van der Waals surface area contributed by atoms with Crippen molar-refractivity contribution in [3.05, 3.63) is 47.7 Å². The molecule has 2 bridgehead atoms. The normalized spacial score (nSPS) is 44.0. The number of carboxylic acid groups (broad SMARTS) is 1. The van der Waals surface area contributed by atoms with Crippen LogP contribution in [0.25, 0.3) is 0 Å². The van der Waals surface area contributed by atoms with Gasteiger partial charge in [0, 0.05) is 49.6 Å². The van der Waals surface area contributed by atoms with E-state index in [0.29, 0.717) is 50.8 Å². The summed E-state index contributed by atoms with van der Waals surface area (Å²) in [7, 11) is 1.71. The summed E-state index contributed by atoms with van der Waals surface area (Å²) in [4.78, 5) is 20.0. The number of nitrogens with two attached hydrogens (primary N) is 1. The molecule has 0 aromatic carbocycles. The monoisotopic (exact) mass is 676 g/mol.